The van der Waals surface area contributed by atoms with E-state index in [2.05, 4.69) is 10.2 Å². The number of primary amides is 1. The van der Waals surface area contributed by atoms with Crippen molar-refractivity contribution in [3.05, 3.63) is 42.6 Å². The highest BCUT2D eigenvalue weighted by atomic mass is 32.2. The van der Waals surface area contributed by atoms with Gasteiger partial charge in [0.25, 0.3) is 5.91 Å². The van der Waals surface area contributed by atoms with Crippen LogP contribution in [-0.4, -0.2) is 54.6 Å². The largest absolute Gasteiger partial charge is 0.484 e. The van der Waals surface area contributed by atoms with Crippen LogP contribution in [0.5, 0.6) is 11.6 Å². The Morgan fingerprint density at radius 1 is 1.26 bits per heavy atom. The van der Waals surface area contributed by atoms with E-state index in [1.54, 1.807) is 18.3 Å². The van der Waals surface area contributed by atoms with Gasteiger partial charge in [-0.3, -0.25) is 4.79 Å². The van der Waals surface area contributed by atoms with E-state index in [0.717, 1.165) is 6.42 Å². The molecule has 1 saturated heterocycles. The highest BCUT2D eigenvalue weighted by Gasteiger charge is 2.31. The predicted molar refractivity (Wildman–Crippen MR) is 95.6 cm³/mol. The van der Waals surface area contributed by atoms with E-state index in [1.165, 1.54) is 28.6 Å². The summed E-state index contributed by atoms with van der Waals surface area (Å²) in [5.74, 6) is 0.141. The second kappa shape index (κ2) is 8.31. The van der Waals surface area contributed by atoms with E-state index in [-0.39, 0.29) is 24.2 Å². The van der Waals surface area contributed by atoms with Crippen LogP contribution in [0.15, 0.2) is 47.5 Å². The van der Waals surface area contributed by atoms with Crippen LogP contribution in [0.4, 0.5) is 0 Å². The van der Waals surface area contributed by atoms with Crippen molar-refractivity contribution in [2.45, 2.75) is 23.8 Å². The molecule has 2 heterocycles. The predicted octanol–water partition coefficient (Wildman–Crippen LogP) is 0.573. The van der Waals surface area contributed by atoms with Crippen molar-refractivity contribution in [1.82, 2.24) is 14.5 Å². The van der Waals surface area contributed by atoms with Gasteiger partial charge in [0.15, 0.2) is 6.61 Å². The summed E-state index contributed by atoms with van der Waals surface area (Å²) in [4.78, 5) is 10.9. The number of nitrogens with two attached hydrogens (primary N) is 1. The molecule has 1 aromatic carbocycles. The smallest absolute Gasteiger partial charge is 0.255 e. The summed E-state index contributed by atoms with van der Waals surface area (Å²) in [6.45, 7) is 0.390. The molecule has 9 nitrogen and oxygen atoms in total. The van der Waals surface area contributed by atoms with Gasteiger partial charge in [0.1, 0.15) is 11.9 Å². The zero-order valence-electron chi connectivity index (χ0n) is 14.5. The van der Waals surface area contributed by atoms with E-state index in [4.69, 9.17) is 15.2 Å². The zero-order valence-corrected chi connectivity index (χ0v) is 15.3. The van der Waals surface area contributed by atoms with Crippen LogP contribution in [-0.2, 0) is 14.8 Å². The topological polar surface area (TPSA) is 125 Å². The summed E-state index contributed by atoms with van der Waals surface area (Å²) in [7, 11) is -3.67. The minimum atomic E-state index is -3.67. The van der Waals surface area contributed by atoms with Crippen molar-refractivity contribution in [1.29, 1.82) is 0 Å². The molecule has 3 rings (SSSR count). The van der Waals surface area contributed by atoms with E-state index >= 15 is 0 Å². The molecule has 2 aromatic rings. The van der Waals surface area contributed by atoms with Gasteiger partial charge in [-0.05, 0) is 43.2 Å². The second-order valence-electron chi connectivity index (χ2n) is 6.03. The summed E-state index contributed by atoms with van der Waals surface area (Å²) in [5, 5.41) is 7.62. The van der Waals surface area contributed by atoms with Crippen LogP contribution in [0.25, 0.3) is 0 Å². The normalized spacial score (nSPS) is 18.0. The highest BCUT2D eigenvalue weighted by Crippen LogP contribution is 2.24. The molecule has 1 aliphatic heterocycles. The maximum absolute atomic E-state index is 12.9. The first-order valence-electron chi connectivity index (χ1n) is 8.41. The van der Waals surface area contributed by atoms with Crippen LogP contribution in [0.2, 0.25) is 0 Å². The summed E-state index contributed by atoms with van der Waals surface area (Å²) < 4.78 is 38.1. The molecule has 1 fully saturated rings. The number of carbonyl (C=O) groups excluding carboxylic acids is 1. The van der Waals surface area contributed by atoms with Gasteiger partial charge >= 0.3 is 0 Å². The van der Waals surface area contributed by atoms with Crippen molar-refractivity contribution < 1.29 is 22.7 Å². The van der Waals surface area contributed by atoms with Crippen molar-refractivity contribution >= 4 is 15.9 Å². The lowest BCUT2D eigenvalue weighted by molar-refractivity contribution is -0.119. The van der Waals surface area contributed by atoms with Crippen LogP contribution < -0.4 is 15.2 Å². The minimum Gasteiger partial charge on any atom is -0.484 e. The van der Waals surface area contributed by atoms with Gasteiger partial charge in [-0.1, -0.05) is 0 Å². The van der Waals surface area contributed by atoms with Gasteiger partial charge in [-0.2, -0.15) is 9.40 Å². The molecule has 1 aliphatic rings. The van der Waals surface area contributed by atoms with Crippen LogP contribution in [0, 0.1) is 0 Å². The third-order valence-corrected chi connectivity index (χ3v) is 5.90. The Labute approximate surface area is 157 Å². The summed E-state index contributed by atoms with van der Waals surface area (Å²) >= 11 is 0. The Hall–Kier alpha value is -2.72. The molecule has 0 unspecified atom stereocenters. The lowest BCUT2D eigenvalue weighted by atomic mass is 10.1. The summed E-state index contributed by atoms with van der Waals surface area (Å²) in [5.41, 5.74) is 5.02. The van der Waals surface area contributed by atoms with E-state index in [9.17, 15) is 13.2 Å². The van der Waals surface area contributed by atoms with E-state index in [0.29, 0.717) is 24.6 Å². The number of hydrogen-bond donors (Lipinski definition) is 1. The molecule has 0 aliphatic carbocycles. The van der Waals surface area contributed by atoms with Crippen LogP contribution in [0.1, 0.15) is 12.8 Å². The third-order valence-electron chi connectivity index (χ3n) is 4.02. The Morgan fingerprint density at radius 2 is 2.04 bits per heavy atom. The molecular weight excluding hydrogens is 372 g/mol. The van der Waals surface area contributed by atoms with Crippen molar-refractivity contribution in [3.8, 4) is 11.6 Å². The number of ether oxygens (including phenoxy) is 2. The first kappa shape index (κ1) is 19.1. The maximum Gasteiger partial charge on any atom is 0.255 e. The number of sulfonamides is 1. The Kier molecular flexibility index (Phi) is 5.87. The quantitative estimate of drug-likeness (QED) is 0.730. The van der Waals surface area contributed by atoms with Crippen LogP contribution in [0.3, 0.4) is 0 Å². The fourth-order valence-electron chi connectivity index (χ4n) is 2.75. The molecule has 1 atom stereocenters. The Morgan fingerprint density at radius 3 is 2.70 bits per heavy atom. The highest BCUT2D eigenvalue weighted by molar-refractivity contribution is 7.89. The zero-order chi connectivity index (χ0) is 19.3. The Bertz CT molecular complexity index is 874. The van der Waals surface area contributed by atoms with Crippen molar-refractivity contribution in [2.24, 2.45) is 5.73 Å². The molecule has 10 heteroatoms. The molecule has 0 saturated carbocycles. The van der Waals surface area contributed by atoms with Gasteiger partial charge in [0.05, 0.1) is 11.4 Å². The average molecular weight is 392 g/mol. The molecule has 0 bridgehead atoms. The van der Waals surface area contributed by atoms with E-state index in [1.807, 2.05) is 0 Å². The van der Waals surface area contributed by atoms with Gasteiger partial charge in [-0.25, -0.2) is 8.42 Å². The molecule has 1 aromatic heterocycles. The number of benzene rings is 1. The standard InChI is InChI=1S/C17H20N4O5S/c18-16(22)12-25-13-5-7-15(8-6-13)27(23,24)21-10-2-3-14(11-21)26-17-4-1-9-19-20-17/h1,4-9,14H,2-3,10-12H2,(H2,18,22)/t14-/m1/s1. The third kappa shape index (κ3) is 4.92. The fraction of sp³-hybridized carbons (Fsp3) is 0.353. The molecule has 0 spiro atoms. The molecule has 2 N–H and O–H groups in total. The van der Waals surface area contributed by atoms with Gasteiger partial charge in [-0.15, -0.1) is 5.10 Å². The monoisotopic (exact) mass is 392 g/mol. The lowest BCUT2D eigenvalue weighted by Gasteiger charge is -2.31. The van der Waals surface area contributed by atoms with Crippen molar-refractivity contribution in [3.63, 3.8) is 0 Å². The minimum absolute atomic E-state index is 0.147. The average Bonchev–Trinajstić information content (AvgIpc) is 2.68. The first-order valence-corrected chi connectivity index (χ1v) is 9.85. The second-order valence-corrected chi connectivity index (χ2v) is 7.97. The first-order chi connectivity index (χ1) is 12.9. The number of hydrogen-bond acceptors (Lipinski definition) is 7. The number of nitrogens with zero attached hydrogens (tertiary/aromatic N) is 3. The summed E-state index contributed by atoms with van der Waals surface area (Å²) in [6.07, 6.45) is 2.68. The van der Waals surface area contributed by atoms with E-state index < -0.39 is 15.9 Å². The SMILES string of the molecule is NC(=O)COc1ccc(S(=O)(=O)N2CCC[C@@H](Oc3cccnn3)C2)cc1. The maximum atomic E-state index is 12.9. The molecule has 144 valence electrons. The molecule has 0 radical (unpaired) electrons. The number of rotatable bonds is 7. The Balaban J connectivity index is 1.67. The molecule has 1 amide bonds. The number of carbonyl (C=O) groups is 1. The number of amides is 1. The molecule has 27 heavy (non-hydrogen) atoms. The molecular formula is C17H20N4O5S. The van der Waals surface area contributed by atoms with Gasteiger partial charge < -0.3 is 15.2 Å². The van der Waals surface area contributed by atoms with Crippen LogP contribution >= 0.6 is 0 Å². The number of aromatic nitrogens is 2. The fourth-order valence-corrected chi connectivity index (χ4v) is 4.26. The lowest BCUT2D eigenvalue weighted by Crippen LogP contribution is -2.44. The van der Waals surface area contributed by atoms with Crippen molar-refractivity contribution in [2.75, 3.05) is 19.7 Å². The summed E-state index contributed by atoms with van der Waals surface area (Å²) in [6, 6.07) is 9.27. The number of piperidine rings is 1. The van der Waals surface area contributed by atoms with Gasteiger partial charge in [0, 0.05) is 18.8 Å². The van der Waals surface area contributed by atoms with Gasteiger partial charge in [0.2, 0.25) is 15.9 Å².